The van der Waals surface area contributed by atoms with Crippen LogP contribution in [0.25, 0.3) is 0 Å². The summed E-state index contributed by atoms with van der Waals surface area (Å²) in [6.07, 6.45) is 0. The van der Waals surface area contributed by atoms with Crippen molar-refractivity contribution in [2.24, 2.45) is 7.05 Å². The van der Waals surface area contributed by atoms with Crippen molar-refractivity contribution in [3.8, 4) is 11.6 Å². The highest BCUT2D eigenvalue weighted by Crippen LogP contribution is 2.30. The zero-order chi connectivity index (χ0) is 13.3. The molecule has 0 saturated carbocycles. The lowest BCUT2D eigenvalue weighted by molar-refractivity contribution is 0.426. The van der Waals surface area contributed by atoms with Gasteiger partial charge in [-0.3, -0.25) is 0 Å². The molecule has 0 radical (unpaired) electrons. The maximum Gasteiger partial charge on any atom is 0.222 e. The molecule has 0 atom stereocenters. The second kappa shape index (κ2) is 5.28. The van der Waals surface area contributed by atoms with Crippen molar-refractivity contribution in [1.82, 2.24) is 9.78 Å². The first-order valence-corrected chi connectivity index (χ1v) is 6.57. The number of hydrogen-bond donors (Lipinski definition) is 0. The molecular weight excluding hydrogens is 322 g/mol. The molecule has 0 bridgehead atoms. The number of benzene rings is 1. The summed E-state index contributed by atoms with van der Waals surface area (Å²) >= 11 is 8.99. The highest BCUT2D eigenvalue weighted by molar-refractivity contribution is 9.10. The molecule has 0 spiro atoms. The Morgan fingerprint density at radius 3 is 2.83 bits per heavy atom. The fourth-order valence-corrected chi connectivity index (χ4v) is 2.28. The smallest absolute Gasteiger partial charge is 0.222 e. The highest BCUT2D eigenvalue weighted by atomic mass is 79.9. The predicted octanol–water partition coefficient (Wildman–Crippen LogP) is 4.16. The van der Waals surface area contributed by atoms with Crippen LogP contribution < -0.4 is 4.74 Å². The number of alkyl halides is 1. The van der Waals surface area contributed by atoms with Gasteiger partial charge in [0.25, 0.3) is 0 Å². The van der Waals surface area contributed by atoms with Gasteiger partial charge in [-0.1, -0.05) is 0 Å². The molecule has 0 fully saturated rings. The normalized spacial score (nSPS) is 10.7. The lowest BCUT2D eigenvalue weighted by atomic mass is 10.3. The number of nitrogens with zero attached hydrogens (tertiary/aromatic N) is 2. The third kappa shape index (κ3) is 2.52. The molecule has 18 heavy (non-hydrogen) atoms. The molecule has 2 rings (SSSR count). The molecule has 0 amide bonds. The van der Waals surface area contributed by atoms with Gasteiger partial charge in [0.05, 0.1) is 21.6 Å². The topological polar surface area (TPSA) is 27.1 Å². The largest absolute Gasteiger partial charge is 0.439 e. The monoisotopic (exact) mass is 332 g/mol. The van der Waals surface area contributed by atoms with E-state index in [0.29, 0.717) is 22.0 Å². The summed E-state index contributed by atoms with van der Waals surface area (Å²) in [4.78, 5) is 0. The van der Waals surface area contributed by atoms with E-state index in [1.54, 1.807) is 23.9 Å². The summed E-state index contributed by atoms with van der Waals surface area (Å²) in [6.45, 7) is 1.87. The van der Waals surface area contributed by atoms with E-state index in [0.717, 1.165) is 11.3 Å². The average Bonchev–Trinajstić information content (AvgIpc) is 2.58. The Kier molecular flexibility index (Phi) is 3.92. The van der Waals surface area contributed by atoms with Gasteiger partial charge in [-0.25, -0.2) is 9.07 Å². The Balaban J connectivity index is 2.36. The molecule has 3 nitrogen and oxygen atoms in total. The van der Waals surface area contributed by atoms with Gasteiger partial charge in [-0.05, 0) is 41.1 Å². The quantitative estimate of drug-likeness (QED) is 0.789. The SMILES string of the molecule is Cc1nn(C)c(Oc2ccc(F)c(Br)c2)c1CCl. The Hall–Kier alpha value is -1.07. The summed E-state index contributed by atoms with van der Waals surface area (Å²) in [7, 11) is 1.77. The first-order chi connectivity index (χ1) is 8.52. The van der Waals surface area contributed by atoms with Gasteiger partial charge in [0.15, 0.2) is 0 Å². The number of hydrogen-bond acceptors (Lipinski definition) is 2. The van der Waals surface area contributed by atoms with Crippen molar-refractivity contribution in [2.75, 3.05) is 0 Å². The van der Waals surface area contributed by atoms with Crippen LogP contribution >= 0.6 is 27.5 Å². The zero-order valence-corrected chi connectivity index (χ0v) is 12.2. The van der Waals surface area contributed by atoms with E-state index in [9.17, 15) is 4.39 Å². The van der Waals surface area contributed by atoms with Crippen LogP contribution in [0, 0.1) is 12.7 Å². The second-order valence-electron chi connectivity index (χ2n) is 3.80. The summed E-state index contributed by atoms with van der Waals surface area (Å²) in [5, 5.41) is 4.24. The van der Waals surface area contributed by atoms with E-state index in [1.165, 1.54) is 6.07 Å². The van der Waals surface area contributed by atoms with Gasteiger partial charge in [-0.15, -0.1) is 11.6 Å². The average molecular weight is 334 g/mol. The van der Waals surface area contributed by atoms with Crippen molar-refractivity contribution in [3.05, 3.63) is 39.7 Å². The van der Waals surface area contributed by atoms with Gasteiger partial charge < -0.3 is 4.74 Å². The molecule has 1 heterocycles. The van der Waals surface area contributed by atoms with Gasteiger partial charge in [0.1, 0.15) is 11.6 Å². The summed E-state index contributed by atoms with van der Waals surface area (Å²) in [5.41, 5.74) is 1.66. The van der Waals surface area contributed by atoms with Gasteiger partial charge in [0.2, 0.25) is 5.88 Å². The van der Waals surface area contributed by atoms with Crippen molar-refractivity contribution >= 4 is 27.5 Å². The van der Waals surface area contributed by atoms with Crippen LogP contribution in [0.2, 0.25) is 0 Å². The molecule has 0 aliphatic heterocycles. The highest BCUT2D eigenvalue weighted by Gasteiger charge is 2.15. The molecular formula is C12H11BrClFN2O. The number of aryl methyl sites for hydroxylation is 2. The Morgan fingerprint density at radius 2 is 2.22 bits per heavy atom. The zero-order valence-electron chi connectivity index (χ0n) is 9.88. The van der Waals surface area contributed by atoms with E-state index in [1.807, 2.05) is 6.92 Å². The standard InChI is InChI=1S/C12H11BrClFN2O/c1-7-9(6-14)12(17(2)16-7)18-8-3-4-11(15)10(13)5-8/h3-5H,6H2,1-2H3. The molecule has 2 aromatic rings. The van der Waals surface area contributed by atoms with Crippen LogP contribution in [0.15, 0.2) is 22.7 Å². The molecule has 0 N–H and O–H groups in total. The Morgan fingerprint density at radius 1 is 1.50 bits per heavy atom. The second-order valence-corrected chi connectivity index (χ2v) is 4.93. The minimum absolute atomic E-state index is 0.317. The molecule has 96 valence electrons. The van der Waals surface area contributed by atoms with Crippen molar-refractivity contribution < 1.29 is 9.13 Å². The Bertz CT molecular complexity index is 586. The molecule has 0 aliphatic carbocycles. The van der Waals surface area contributed by atoms with Crippen LogP contribution in [0.3, 0.4) is 0 Å². The lowest BCUT2D eigenvalue weighted by Crippen LogP contribution is -1.96. The summed E-state index contributed by atoms with van der Waals surface area (Å²) < 4.78 is 20.8. The van der Waals surface area contributed by atoms with E-state index in [4.69, 9.17) is 16.3 Å². The summed E-state index contributed by atoms with van der Waals surface area (Å²) in [5.74, 6) is 1.08. The molecule has 1 aromatic heterocycles. The minimum atomic E-state index is -0.332. The van der Waals surface area contributed by atoms with Crippen LogP contribution in [-0.2, 0) is 12.9 Å². The number of halogens is 3. The van der Waals surface area contributed by atoms with Crippen LogP contribution in [0.5, 0.6) is 11.6 Å². The van der Waals surface area contributed by atoms with Crippen molar-refractivity contribution in [2.45, 2.75) is 12.8 Å². The van der Waals surface area contributed by atoms with E-state index < -0.39 is 0 Å². The van der Waals surface area contributed by atoms with E-state index >= 15 is 0 Å². The number of rotatable bonds is 3. The van der Waals surface area contributed by atoms with Gasteiger partial charge in [0, 0.05) is 7.05 Å². The van der Waals surface area contributed by atoms with Gasteiger partial charge in [-0.2, -0.15) is 5.10 Å². The van der Waals surface area contributed by atoms with Crippen LogP contribution in [-0.4, -0.2) is 9.78 Å². The molecule has 0 saturated heterocycles. The maximum absolute atomic E-state index is 13.1. The fraction of sp³-hybridized carbons (Fsp3) is 0.250. The molecule has 1 aromatic carbocycles. The van der Waals surface area contributed by atoms with E-state index in [-0.39, 0.29) is 5.82 Å². The van der Waals surface area contributed by atoms with Crippen molar-refractivity contribution in [1.29, 1.82) is 0 Å². The van der Waals surface area contributed by atoms with Crippen molar-refractivity contribution in [3.63, 3.8) is 0 Å². The third-order valence-corrected chi connectivity index (χ3v) is 3.40. The van der Waals surface area contributed by atoms with Crippen LogP contribution in [0.1, 0.15) is 11.3 Å². The minimum Gasteiger partial charge on any atom is -0.439 e. The number of ether oxygens (including phenoxy) is 1. The molecule has 0 aliphatic rings. The van der Waals surface area contributed by atoms with Crippen LogP contribution in [0.4, 0.5) is 4.39 Å². The lowest BCUT2D eigenvalue weighted by Gasteiger charge is -2.08. The predicted molar refractivity (Wildman–Crippen MR) is 71.7 cm³/mol. The maximum atomic E-state index is 13.1. The third-order valence-electron chi connectivity index (χ3n) is 2.53. The fourth-order valence-electron chi connectivity index (χ4n) is 1.61. The molecule has 0 unspecified atom stereocenters. The number of aromatic nitrogens is 2. The Labute approximate surface area is 118 Å². The summed E-state index contributed by atoms with van der Waals surface area (Å²) in [6, 6.07) is 4.46. The molecule has 6 heteroatoms. The first kappa shape index (κ1) is 13.4. The first-order valence-electron chi connectivity index (χ1n) is 5.24. The van der Waals surface area contributed by atoms with Gasteiger partial charge >= 0.3 is 0 Å². The van der Waals surface area contributed by atoms with E-state index in [2.05, 4.69) is 21.0 Å².